The molecule has 0 spiro atoms. The lowest BCUT2D eigenvalue weighted by Gasteiger charge is -2.10. The number of aryl methyl sites for hydroxylation is 2. The molecule has 0 fully saturated rings. The van der Waals surface area contributed by atoms with Crippen LogP contribution >= 0.6 is 11.3 Å². The van der Waals surface area contributed by atoms with Gasteiger partial charge in [0.15, 0.2) is 0 Å². The average Bonchev–Trinajstić information content (AvgIpc) is 3.01. The second-order valence-corrected chi connectivity index (χ2v) is 5.14. The van der Waals surface area contributed by atoms with Gasteiger partial charge in [0.2, 0.25) is 5.91 Å². The van der Waals surface area contributed by atoms with E-state index in [9.17, 15) is 9.90 Å². The minimum Gasteiger partial charge on any atom is -0.387 e. The molecule has 2 aromatic rings. The SMILES string of the molecule is Cc1noc(C)c1CC(=O)NCC(O)c1ccsc1. The van der Waals surface area contributed by atoms with E-state index in [1.165, 1.54) is 11.3 Å². The number of carbonyl (C=O) groups excluding carboxylic acids is 1. The van der Waals surface area contributed by atoms with Crippen LogP contribution in [0.3, 0.4) is 0 Å². The molecular formula is C13H16N2O3S. The summed E-state index contributed by atoms with van der Waals surface area (Å²) in [6.07, 6.45) is -0.447. The van der Waals surface area contributed by atoms with Crippen molar-refractivity contribution in [2.75, 3.05) is 6.54 Å². The molecule has 0 bridgehead atoms. The molecule has 0 radical (unpaired) electrons. The summed E-state index contributed by atoms with van der Waals surface area (Å²) < 4.78 is 5.00. The molecule has 2 rings (SSSR count). The Morgan fingerprint density at radius 3 is 2.95 bits per heavy atom. The van der Waals surface area contributed by atoms with E-state index in [1.807, 2.05) is 16.8 Å². The molecule has 0 saturated carbocycles. The first-order valence-corrected chi connectivity index (χ1v) is 6.91. The largest absolute Gasteiger partial charge is 0.387 e. The Morgan fingerprint density at radius 2 is 2.37 bits per heavy atom. The van der Waals surface area contributed by atoms with Gasteiger partial charge in [-0.2, -0.15) is 11.3 Å². The normalized spacial score (nSPS) is 12.4. The van der Waals surface area contributed by atoms with Crippen LogP contribution < -0.4 is 5.32 Å². The molecule has 102 valence electrons. The third kappa shape index (κ3) is 3.42. The average molecular weight is 280 g/mol. The highest BCUT2D eigenvalue weighted by Crippen LogP contribution is 2.16. The molecule has 0 aliphatic heterocycles. The Balaban J connectivity index is 1.85. The highest BCUT2D eigenvalue weighted by atomic mass is 32.1. The maximum atomic E-state index is 11.8. The second kappa shape index (κ2) is 5.99. The Hall–Kier alpha value is -1.66. The molecule has 0 aliphatic carbocycles. The van der Waals surface area contributed by atoms with Crippen LogP contribution in [0.5, 0.6) is 0 Å². The zero-order valence-corrected chi connectivity index (χ0v) is 11.7. The highest BCUT2D eigenvalue weighted by Gasteiger charge is 2.14. The van der Waals surface area contributed by atoms with Crippen molar-refractivity contribution in [2.45, 2.75) is 26.4 Å². The Bertz CT molecular complexity index is 529. The lowest BCUT2D eigenvalue weighted by atomic mass is 10.1. The molecule has 0 aromatic carbocycles. The van der Waals surface area contributed by atoms with Gasteiger partial charge in [-0.25, -0.2) is 0 Å². The van der Waals surface area contributed by atoms with Gasteiger partial charge in [0.05, 0.1) is 18.2 Å². The Kier molecular flexibility index (Phi) is 4.34. The zero-order valence-electron chi connectivity index (χ0n) is 10.8. The van der Waals surface area contributed by atoms with Gasteiger partial charge in [-0.15, -0.1) is 0 Å². The fourth-order valence-electron chi connectivity index (χ4n) is 1.77. The van der Waals surface area contributed by atoms with E-state index in [1.54, 1.807) is 13.8 Å². The van der Waals surface area contributed by atoms with Gasteiger partial charge < -0.3 is 14.9 Å². The van der Waals surface area contributed by atoms with Gasteiger partial charge in [0.25, 0.3) is 0 Å². The van der Waals surface area contributed by atoms with Gasteiger partial charge in [-0.3, -0.25) is 4.79 Å². The van der Waals surface area contributed by atoms with Crippen LogP contribution in [-0.2, 0) is 11.2 Å². The number of thiophene rings is 1. The standard InChI is InChI=1S/C13H16N2O3S/c1-8-11(9(2)18-15-8)5-13(17)14-6-12(16)10-3-4-19-7-10/h3-4,7,12,16H,5-6H2,1-2H3,(H,14,17). The van der Waals surface area contributed by atoms with Crippen molar-refractivity contribution < 1.29 is 14.4 Å². The van der Waals surface area contributed by atoms with Crippen LogP contribution in [0.25, 0.3) is 0 Å². The predicted molar refractivity (Wildman–Crippen MR) is 72.0 cm³/mol. The van der Waals surface area contributed by atoms with Gasteiger partial charge in [0.1, 0.15) is 5.76 Å². The van der Waals surface area contributed by atoms with E-state index in [0.29, 0.717) is 5.76 Å². The molecular weight excluding hydrogens is 264 g/mol. The van der Waals surface area contributed by atoms with Crippen LogP contribution in [0, 0.1) is 13.8 Å². The molecule has 1 atom stereocenters. The molecule has 1 unspecified atom stereocenters. The first-order chi connectivity index (χ1) is 9.08. The summed E-state index contributed by atoms with van der Waals surface area (Å²) in [6, 6.07) is 1.84. The monoisotopic (exact) mass is 280 g/mol. The summed E-state index contributed by atoms with van der Waals surface area (Å²) in [6.45, 7) is 3.79. The molecule has 19 heavy (non-hydrogen) atoms. The topological polar surface area (TPSA) is 75.4 Å². The molecule has 6 heteroatoms. The van der Waals surface area contributed by atoms with E-state index < -0.39 is 6.10 Å². The molecule has 1 amide bonds. The quantitative estimate of drug-likeness (QED) is 0.875. The van der Waals surface area contributed by atoms with Crippen molar-refractivity contribution in [3.63, 3.8) is 0 Å². The van der Waals surface area contributed by atoms with Gasteiger partial charge >= 0.3 is 0 Å². The van der Waals surface area contributed by atoms with E-state index in [2.05, 4.69) is 10.5 Å². The molecule has 0 saturated heterocycles. The summed E-state index contributed by atoms with van der Waals surface area (Å²) in [5.41, 5.74) is 2.36. The Morgan fingerprint density at radius 1 is 1.58 bits per heavy atom. The number of aliphatic hydroxyl groups excluding tert-OH is 1. The van der Waals surface area contributed by atoms with Gasteiger partial charge in [-0.1, -0.05) is 5.16 Å². The van der Waals surface area contributed by atoms with Crippen LogP contribution in [0.4, 0.5) is 0 Å². The summed E-state index contributed by atoms with van der Waals surface area (Å²) >= 11 is 1.52. The Labute approximate surface area is 115 Å². The van der Waals surface area contributed by atoms with Crippen molar-refractivity contribution in [3.8, 4) is 0 Å². The minimum absolute atomic E-state index is 0.149. The lowest BCUT2D eigenvalue weighted by Crippen LogP contribution is -2.29. The molecule has 0 aliphatic rings. The third-order valence-corrected chi connectivity index (χ3v) is 3.64. The second-order valence-electron chi connectivity index (χ2n) is 4.36. The van der Waals surface area contributed by atoms with Crippen molar-refractivity contribution in [2.24, 2.45) is 0 Å². The van der Waals surface area contributed by atoms with Crippen molar-refractivity contribution in [1.82, 2.24) is 10.5 Å². The number of nitrogens with one attached hydrogen (secondary N) is 1. The number of hydrogen-bond donors (Lipinski definition) is 2. The number of aliphatic hydroxyl groups is 1. The van der Waals surface area contributed by atoms with E-state index in [4.69, 9.17) is 4.52 Å². The van der Waals surface area contributed by atoms with Gasteiger partial charge in [-0.05, 0) is 36.2 Å². The highest BCUT2D eigenvalue weighted by molar-refractivity contribution is 7.07. The molecule has 5 nitrogen and oxygen atoms in total. The number of rotatable bonds is 5. The smallest absolute Gasteiger partial charge is 0.224 e. The summed E-state index contributed by atoms with van der Waals surface area (Å²) in [5, 5.41) is 20.1. The van der Waals surface area contributed by atoms with Crippen molar-refractivity contribution in [1.29, 1.82) is 0 Å². The molecule has 2 aromatic heterocycles. The number of hydrogen-bond acceptors (Lipinski definition) is 5. The number of amides is 1. The van der Waals surface area contributed by atoms with E-state index >= 15 is 0 Å². The van der Waals surface area contributed by atoms with Crippen LogP contribution in [0.2, 0.25) is 0 Å². The molecule has 2 N–H and O–H groups in total. The zero-order chi connectivity index (χ0) is 13.8. The fraction of sp³-hybridized carbons (Fsp3) is 0.385. The predicted octanol–water partition coefficient (Wildman–Crippen LogP) is 1.75. The number of aromatic nitrogens is 1. The first-order valence-electron chi connectivity index (χ1n) is 5.96. The first kappa shape index (κ1) is 13.8. The van der Waals surface area contributed by atoms with E-state index in [-0.39, 0.29) is 18.9 Å². The summed E-state index contributed by atoms with van der Waals surface area (Å²) in [5.74, 6) is 0.509. The summed E-state index contributed by atoms with van der Waals surface area (Å²) in [4.78, 5) is 11.8. The maximum absolute atomic E-state index is 11.8. The van der Waals surface area contributed by atoms with Crippen LogP contribution in [-0.4, -0.2) is 22.7 Å². The number of carbonyl (C=O) groups is 1. The third-order valence-electron chi connectivity index (χ3n) is 2.94. The van der Waals surface area contributed by atoms with E-state index in [0.717, 1.165) is 16.8 Å². The lowest BCUT2D eigenvalue weighted by molar-refractivity contribution is -0.120. The fourth-order valence-corrected chi connectivity index (χ4v) is 2.48. The van der Waals surface area contributed by atoms with Gasteiger partial charge in [0, 0.05) is 12.1 Å². The van der Waals surface area contributed by atoms with Crippen molar-refractivity contribution >= 4 is 17.2 Å². The van der Waals surface area contributed by atoms with Crippen LogP contribution in [0.1, 0.15) is 28.7 Å². The minimum atomic E-state index is -0.667. The summed E-state index contributed by atoms with van der Waals surface area (Å²) in [7, 11) is 0. The maximum Gasteiger partial charge on any atom is 0.224 e. The van der Waals surface area contributed by atoms with Crippen LogP contribution in [0.15, 0.2) is 21.3 Å². The molecule has 2 heterocycles. The van der Waals surface area contributed by atoms with Crippen molar-refractivity contribution in [3.05, 3.63) is 39.4 Å². The number of nitrogens with zero attached hydrogens (tertiary/aromatic N) is 1.